The highest BCUT2D eigenvalue weighted by Crippen LogP contribution is 2.25. The van der Waals surface area contributed by atoms with Crippen LogP contribution in [0.15, 0.2) is 9.98 Å². The summed E-state index contributed by atoms with van der Waals surface area (Å²) in [5.41, 5.74) is 5.29. The van der Waals surface area contributed by atoms with Gasteiger partial charge in [-0.05, 0) is 15.9 Å². The summed E-state index contributed by atoms with van der Waals surface area (Å²) in [7, 11) is 0. The van der Waals surface area contributed by atoms with E-state index in [0.717, 1.165) is 3.79 Å². The molecule has 0 amide bonds. The van der Waals surface area contributed by atoms with E-state index in [0.29, 0.717) is 5.01 Å². The summed E-state index contributed by atoms with van der Waals surface area (Å²) in [6.07, 6.45) is 1.58. The Morgan fingerprint density at radius 1 is 1.92 bits per heavy atom. The molecule has 0 aromatic carbocycles. The lowest BCUT2D eigenvalue weighted by Crippen LogP contribution is -2.20. The fraction of sp³-hybridized carbons (Fsp3) is 0.333. The van der Waals surface area contributed by atoms with Gasteiger partial charge in [-0.1, -0.05) is 0 Å². The normalized spacial score (nSPS) is 12.8. The molecule has 12 heavy (non-hydrogen) atoms. The van der Waals surface area contributed by atoms with Crippen molar-refractivity contribution in [3.8, 4) is 0 Å². The molecule has 0 aliphatic heterocycles. The van der Waals surface area contributed by atoms with E-state index in [1.807, 2.05) is 0 Å². The Balaban J connectivity index is 2.87. The minimum atomic E-state index is -0.931. The second-order valence-corrected chi connectivity index (χ2v) is 4.57. The van der Waals surface area contributed by atoms with E-state index in [9.17, 15) is 4.79 Å². The molecular formula is C6H7BrN2O2S. The molecule has 6 heteroatoms. The fourth-order valence-corrected chi connectivity index (χ4v) is 2.09. The number of aliphatic carboxylic acids is 1. The lowest BCUT2D eigenvalue weighted by atomic mass is 10.2. The second-order valence-electron chi connectivity index (χ2n) is 2.13. The van der Waals surface area contributed by atoms with Crippen LogP contribution in [-0.4, -0.2) is 22.6 Å². The second kappa shape index (κ2) is 3.97. The van der Waals surface area contributed by atoms with Gasteiger partial charge in [0.1, 0.15) is 10.9 Å². The van der Waals surface area contributed by atoms with Gasteiger partial charge in [-0.15, -0.1) is 11.3 Å². The summed E-state index contributed by atoms with van der Waals surface area (Å²) in [5, 5.41) is 9.25. The third kappa shape index (κ3) is 2.02. The van der Waals surface area contributed by atoms with Gasteiger partial charge in [0.2, 0.25) is 0 Å². The van der Waals surface area contributed by atoms with E-state index < -0.39 is 11.9 Å². The molecule has 0 aliphatic carbocycles. The van der Waals surface area contributed by atoms with Crippen LogP contribution in [0.4, 0.5) is 0 Å². The van der Waals surface area contributed by atoms with Gasteiger partial charge in [0.15, 0.2) is 0 Å². The number of nitrogens with two attached hydrogens (primary N) is 1. The van der Waals surface area contributed by atoms with E-state index in [-0.39, 0.29) is 6.54 Å². The Labute approximate surface area is 81.5 Å². The van der Waals surface area contributed by atoms with Crippen LogP contribution in [0.1, 0.15) is 10.9 Å². The quantitative estimate of drug-likeness (QED) is 0.841. The predicted molar refractivity (Wildman–Crippen MR) is 49.2 cm³/mol. The zero-order valence-electron chi connectivity index (χ0n) is 6.03. The maximum absolute atomic E-state index is 10.6. The zero-order chi connectivity index (χ0) is 9.14. The van der Waals surface area contributed by atoms with E-state index >= 15 is 0 Å². The van der Waals surface area contributed by atoms with Crippen molar-refractivity contribution in [2.45, 2.75) is 5.92 Å². The lowest BCUT2D eigenvalue weighted by molar-refractivity contribution is -0.138. The van der Waals surface area contributed by atoms with Gasteiger partial charge in [-0.2, -0.15) is 0 Å². The molecule has 1 aromatic rings. The van der Waals surface area contributed by atoms with Crippen LogP contribution in [0.25, 0.3) is 0 Å². The highest BCUT2D eigenvalue weighted by atomic mass is 79.9. The van der Waals surface area contributed by atoms with Crippen molar-refractivity contribution in [3.63, 3.8) is 0 Å². The van der Waals surface area contributed by atoms with E-state index in [1.54, 1.807) is 6.20 Å². The van der Waals surface area contributed by atoms with Gasteiger partial charge in [-0.3, -0.25) is 4.79 Å². The van der Waals surface area contributed by atoms with Gasteiger partial charge in [0.25, 0.3) is 0 Å². The average molecular weight is 251 g/mol. The molecular weight excluding hydrogens is 244 g/mol. The number of hydrogen-bond acceptors (Lipinski definition) is 4. The minimum Gasteiger partial charge on any atom is -0.481 e. The number of nitrogens with zero attached hydrogens (tertiary/aromatic N) is 1. The van der Waals surface area contributed by atoms with E-state index in [4.69, 9.17) is 10.8 Å². The van der Waals surface area contributed by atoms with Crippen LogP contribution in [0.2, 0.25) is 0 Å². The molecule has 3 N–H and O–H groups in total. The van der Waals surface area contributed by atoms with Crippen molar-refractivity contribution < 1.29 is 9.90 Å². The Hall–Kier alpha value is -0.460. The van der Waals surface area contributed by atoms with Crippen molar-refractivity contribution in [3.05, 3.63) is 15.0 Å². The molecule has 1 rings (SSSR count). The Bertz CT molecular complexity index is 289. The summed E-state index contributed by atoms with van der Waals surface area (Å²) in [6, 6.07) is 0. The lowest BCUT2D eigenvalue weighted by Gasteiger charge is -2.03. The molecule has 0 saturated heterocycles. The molecule has 1 heterocycles. The molecule has 66 valence electrons. The first kappa shape index (κ1) is 9.63. The predicted octanol–water partition coefficient (Wildman–Crippen LogP) is 1.03. The number of thiazole rings is 1. The number of carboxylic acid groups (broad SMARTS) is 1. The van der Waals surface area contributed by atoms with Crippen LogP contribution in [0.5, 0.6) is 0 Å². The van der Waals surface area contributed by atoms with Gasteiger partial charge in [-0.25, -0.2) is 4.98 Å². The highest BCUT2D eigenvalue weighted by Gasteiger charge is 2.20. The van der Waals surface area contributed by atoms with Gasteiger partial charge < -0.3 is 10.8 Å². The number of halogens is 1. The fourth-order valence-electron chi connectivity index (χ4n) is 0.735. The number of carbonyl (C=O) groups is 1. The molecule has 1 atom stereocenters. The summed E-state index contributed by atoms with van der Waals surface area (Å²) in [4.78, 5) is 14.5. The van der Waals surface area contributed by atoms with E-state index in [2.05, 4.69) is 20.9 Å². The van der Waals surface area contributed by atoms with Crippen molar-refractivity contribution in [2.24, 2.45) is 5.73 Å². The van der Waals surface area contributed by atoms with Crippen molar-refractivity contribution in [1.82, 2.24) is 4.98 Å². The Morgan fingerprint density at radius 3 is 2.92 bits per heavy atom. The molecule has 0 radical (unpaired) electrons. The minimum absolute atomic E-state index is 0.0787. The number of rotatable bonds is 3. The first-order valence-corrected chi connectivity index (χ1v) is 4.80. The Morgan fingerprint density at radius 2 is 2.58 bits per heavy atom. The third-order valence-corrected chi connectivity index (χ3v) is 2.92. The largest absolute Gasteiger partial charge is 0.481 e. The SMILES string of the molecule is NCC(C(=O)O)c1ncc(Br)s1. The first-order chi connectivity index (χ1) is 5.65. The number of aromatic nitrogens is 1. The first-order valence-electron chi connectivity index (χ1n) is 3.19. The molecule has 0 bridgehead atoms. The summed E-state index contributed by atoms with van der Waals surface area (Å²) in [6.45, 7) is 0.0787. The zero-order valence-corrected chi connectivity index (χ0v) is 8.43. The highest BCUT2D eigenvalue weighted by molar-refractivity contribution is 9.11. The number of hydrogen-bond donors (Lipinski definition) is 2. The maximum Gasteiger partial charge on any atom is 0.314 e. The summed E-state index contributed by atoms with van der Waals surface area (Å²) >= 11 is 4.49. The maximum atomic E-state index is 10.6. The molecule has 1 aromatic heterocycles. The van der Waals surface area contributed by atoms with Crippen LogP contribution < -0.4 is 5.73 Å². The summed E-state index contributed by atoms with van der Waals surface area (Å²) in [5.74, 6) is -1.61. The van der Waals surface area contributed by atoms with Gasteiger partial charge >= 0.3 is 5.97 Å². The molecule has 0 saturated carbocycles. The number of carboxylic acids is 1. The van der Waals surface area contributed by atoms with Crippen LogP contribution >= 0.6 is 27.3 Å². The van der Waals surface area contributed by atoms with Crippen LogP contribution in [0, 0.1) is 0 Å². The van der Waals surface area contributed by atoms with Crippen LogP contribution in [-0.2, 0) is 4.79 Å². The van der Waals surface area contributed by atoms with Gasteiger partial charge in [0, 0.05) is 6.54 Å². The summed E-state index contributed by atoms with van der Waals surface area (Å²) < 4.78 is 0.817. The smallest absolute Gasteiger partial charge is 0.314 e. The van der Waals surface area contributed by atoms with Crippen molar-refractivity contribution >= 4 is 33.2 Å². The van der Waals surface area contributed by atoms with Crippen LogP contribution in [0.3, 0.4) is 0 Å². The average Bonchev–Trinajstić information content (AvgIpc) is 2.37. The van der Waals surface area contributed by atoms with Crippen molar-refractivity contribution in [1.29, 1.82) is 0 Å². The van der Waals surface area contributed by atoms with Gasteiger partial charge in [0.05, 0.1) is 9.98 Å². The van der Waals surface area contributed by atoms with Crippen molar-refractivity contribution in [2.75, 3.05) is 6.54 Å². The standard InChI is InChI=1S/C6H7BrN2O2S/c7-4-2-9-5(12-4)3(1-8)6(10)11/h2-3H,1,8H2,(H,10,11). The molecule has 0 fully saturated rings. The van der Waals surface area contributed by atoms with E-state index in [1.165, 1.54) is 11.3 Å². The molecule has 0 spiro atoms. The molecule has 4 nitrogen and oxygen atoms in total. The topological polar surface area (TPSA) is 76.2 Å². The third-order valence-electron chi connectivity index (χ3n) is 1.33. The molecule has 1 unspecified atom stereocenters. The molecule has 0 aliphatic rings. The monoisotopic (exact) mass is 250 g/mol. The Kier molecular flexibility index (Phi) is 3.19.